The predicted octanol–water partition coefficient (Wildman–Crippen LogP) is 1.71. The first-order valence-corrected chi connectivity index (χ1v) is 13.3. The van der Waals surface area contributed by atoms with Gasteiger partial charge in [-0.2, -0.15) is 0 Å². The van der Waals surface area contributed by atoms with E-state index in [1.54, 1.807) is 19.1 Å². The SMILES string of the molecule is Cc1c(O)cccc1C(=O)N[C@@H](Cc1ccccc1)[C@H](O)C(=O)N1C[C@H](N)C[C@H]1C(=O)NCc1cccs1. The summed E-state index contributed by atoms with van der Waals surface area (Å²) in [5.74, 6) is -1.58. The molecule has 4 rings (SSSR count). The lowest BCUT2D eigenvalue weighted by atomic mass is 9.98. The Morgan fingerprint density at radius 1 is 1.11 bits per heavy atom. The molecule has 4 atom stereocenters. The minimum absolute atomic E-state index is 0.0312. The molecule has 1 aliphatic heterocycles. The van der Waals surface area contributed by atoms with Gasteiger partial charge in [0.25, 0.3) is 11.8 Å². The van der Waals surface area contributed by atoms with E-state index in [1.807, 2.05) is 47.8 Å². The van der Waals surface area contributed by atoms with Crippen molar-refractivity contribution in [2.45, 2.75) is 50.5 Å². The first kappa shape index (κ1) is 27.3. The number of rotatable bonds is 9. The van der Waals surface area contributed by atoms with E-state index in [9.17, 15) is 24.6 Å². The molecular weight excluding hydrogens is 504 g/mol. The number of aliphatic hydroxyl groups is 1. The van der Waals surface area contributed by atoms with Crippen molar-refractivity contribution in [3.05, 3.63) is 87.6 Å². The Labute approximate surface area is 225 Å². The molecule has 0 spiro atoms. The molecular formula is C28H32N4O5S. The van der Waals surface area contributed by atoms with Gasteiger partial charge in [-0.05, 0) is 48.9 Å². The van der Waals surface area contributed by atoms with Crippen LogP contribution in [0.4, 0.5) is 0 Å². The average molecular weight is 537 g/mol. The summed E-state index contributed by atoms with van der Waals surface area (Å²) in [5.41, 5.74) is 7.55. The Balaban J connectivity index is 1.53. The van der Waals surface area contributed by atoms with E-state index in [4.69, 9.17) is 5.73 Å². The molecule has 0 bridgehead atoms. The number of aliphatic hydroxyl groups excluding tert-OH is 1. The number of nitrogens with two attached hydrogens (primary N) is 1. The maximum Gasteiger partial charge on any atom is 0.254 e. The van der Waals surface area contributed by atoms with Gasteiger partial charge in [-0.1, -0.05) is 42.5 Å². The summed E-state index contributed by atoms with van der Waals surface area (Å²) >= 11 is 1.51. The number of benzene rings is 2. The van der Waals surface area contributed by atoms with Crippen molar-refractivity contribution in [1.29, 1.82) is 0 Å². The molecule has 3 amide bonds. The highest BCUT2D eigenvalue weighted by molar-refractivity contribution is 7.09. The van der Waals surface area contributed by atoms with Gasteiger partial charge in [0.1, 0.15) is 11.8 Å². The number of carbonyl (C=O) groups is 3. The lowest BCUT2D eigenvalue weighted by Gasteiger charge is -2.30. The third-order valence-corrected chi connectivity index (χ3v) is 7.61. The van der Waals surface area contributed by atoms with E-state index in [2.05, 4.69) is 10.6 Å². The van der Waals surface area contributed by atoms with Crippen LogP contribution in [0.1, 0.15) is 32.8 Å². The fraction of sp³-hybridized carbons (Fsp3) is 0.321. The van der Waals surface area contributed by atoms with Crippen LogP contribution in [-0.2, 0) is 22.6 Å². The topological polar surface area (TPSA) is 145 Å². The van der Waals surface area contributed by atoms with E-state index in [0.717, 1.165) is 10.4 Å². The molecule has 2 aromatic carbocycles. The zero-order valence-corrected chi connectivity index (χ0v) is 21.9. The number of aromatic hydroxyl groups is 1. The molecule has 2 heterocycles. The number of phenols is 1. The normalized spacial score (nSPS) is 18.6. The molecule has 1 saturated heterocycles. The highest BCUT2D eigenvalue weighted by atomic mass is 32.1. The number of nitrogens with one attached hydrogen (secondary N) is 2. The van der Waals surface area contributed by atoms with Gasteiger partial charge in [0.15, 0.2) is 6.10 Å². The largest absolute Gasteiger partial charge is 0.508 e. The summed E-state index contributed by atoms with van der Waals surface area (Å²) in [5, 5.41) is 28.8. The molecule has 3 aromatic rings. The van der Waals surface area contributed by atoms with Gasteiger partial charge in [0.2, 0.25) is 5.91 Å². The summed E-state index contributed by atoms with van der Waals surface area (Å²) in [7, 11) is 0. The van der Waals surface area contributed by atoms with Crippen molar-refractivity contribution in [1.82, 2.24) is 15.5 Å². The second-order valence-corrected chi connectivity index (χ2v) is 10.5. The van der Waals surface area contributed by atoms with Gasteiger partial charge in [-0.3, -0.25) is 14.4 Å². The maximum atomic E-state index is 13.6. The Morgan fingerprint density at radius 3 is 2.58 bits per heavy atom. The van der Waals surface area contributed by atoms with Crippen molar-refractivity contribution in [3.63, 3.8) is 0 Å². The number of phenolic OH excluding ortho intramolecular Hbond substituents is 1. The molecule has 0 unspecified atom stereocenters. The minimum atomic E-state index is -1.63. The number of thiophene rings is 1. The number of hydrogen-bond donors (Lipinski definition) is 5. The van der Waals surface area contributed by atoms with Crippen LogP contribution in [0.25, 0.3) is 0 Å². The number of amides is 3. The number of hydrogen-bond acceptors (Lipinski definition) is 7. The average Bonchev–Trinajstić information content (AvgIpc) is 3.58. The molecule has 6 N–H and O–H groups in total. The number of nitrogens with zero attached hydrogens (tertiary/aromatic N) is 1. The molecule has 38 heavy (non-hydrogen) atoms. The van der Waals surface area contributed by atoms with Crippen molar-refractivity contribution in [2.75, 3.05) is 6.54 Å². The molecule has 0 radical (unpaired) electrons. The van der Waals surface area contributed by atoms with Crippen LogP contribution >= 0.6 is 11.3 Å². The van der Waals surface area contributed by atoms with E-state index in [-0.39, 0.29) is 36.6 Å². The Bertz CT molecular complexity index is 1270. The van der Waals surface area contributed by atoms with E-state index < -0.39 is 36.0 Å². The monoisotopic (exact) mass is 536 g/mol. The standard InChI is InChI=1S/C28H32N4O5S/c1-17-21(10-5-11-24(17)33)26(35)31-22(13-18-7-3-2-4-8-18)25(34)28(37)32-16-19(29)14-23(32)27(36)30-15-20-9-6-12-38-20/h2-12,19,22-23,25,33-34H,13-16,29H2,1H3,(H,30,36)(H,31,35)/t19-,22+,23+,25+/m1/s1. The van der Waals surface area contributed by atoms with Gasteiger partial charge in [0.05, 0.1) is 12.6 Å². The lowest BCUT2D eigenvalue weighted by Crippen LogP contribution is -2.55. The number of carbonyl (C=O) groups excluding carboxylic acids is 3. The Hall–Kier alpha value is -3.73. The van der Waals surface area contributed by atoms with Crippen LogP contribution in [0.15, 0.2) is 66.0 Å². The lowest BCUT2D eigenvalue weighted by molar-refractivity contribution is -0.146. The summed E-state index contributed by atoms with van der Waals surface area (Å²) in [6.07, 6.45) is -1.19. The third-order valence-electron chi connectivity index (χ3n) is 6.74. The van der Waals surface area contributed by atoms with E-state index in [1.165, 1.54) is 22.3 Å². The quantitative estimate of drug-likeness (QED) is 0.282. The van der Waals surface area contributed by atoms with Gasteiger partial charge in [-0.25, -0.2) is 0 Å². The Kier molecular flexibility index (Phi) is 8.77. The third kappa shape index (κ3) is 6.39. The second-order valence-electron chi connectivity index (χ2n) is 9.46. The zero-order chi connectivity index (χ0) is 27.2. The molecule has 1 aliphatic rings. The highest BCUT2D eigenvalue weighted by Gasteiger charge is 2.42. The van der Waals surface area contributed by atoms with Crippen LogP contribution in [0.2, 0.25) is 0 Å². The van der Waals surface area contributed by atoms with Crippen LogP contribution in [0.5, 0.6) is 5.75 Å². The van der Waals surface area contributed by atoms with Crippen molar-refractivity contribution in [2.24, 2.45) is 5.73 Å². The van der Waals surface area contributed by atoms with Gasteiger partial charge in [-0.15, -0.1) is 11.3 Å². The summed E-state index contributed by atoms with van der Waals surface area (Å²) in [4.78, 5) is 42.0. The maximum absolute atomic E-state index is 13.6. The van der Waals surface area contributed by atoms with Crippen LogP contribution < -0.4 is 16.4 Å². The van der Waals surface area contributed by atoms with Crippen molar-refractivity contribution < 1.29 is 24.6 Å². The molecule has 0 saturated carbocycles. The summed E-state index contributed by atoms with van der Waals surface area (Å²) < 4.78 is 0. The van der Waals surface area contributed by atoms with Crippen molar-refractivity contribution >= 4 is 29.1 Å². The summed E-state index contributed by atoms with van der Waals surface area (Å²) in [6.45, 7) is 2.07. The molecule has 10 heteroatoms. The van der Waals surface area contributed by atoms with Crippen molar-refractivity contribution in [3.8, 4) is 5.75 Å². The molecule has 9 nitrogen and oxygen atoms in total. The second kappa shape index (κ2) is 12.2. The van der Waals surface area contributed by atoms with E-state index >= 15 is 0 Å². The smallest absolute Gasteiger partial charge is 0.254 e. The molecule has 1 fully saturated rings. The van der Waals surface area contributed by atoms with Gasteiger partial charge in [0, 0.05) is 28.6 Å². The molecule has 0 aliphatic carbocycles. The predicted molar refractivity (Wildman–Crippen MR) is 145 cm³/mol. The number of likely N-dealkylation sites (tertiary alicyclic amines) is 1. The zero-order valence-electron chi connectivity index (χ0n) is 21.0. The highest BCUT2D eigenvalue weighted by Crippen LogP contribution is 2.22. The first-order valence-electron chi connectivity index (χ1n) is 12.4. The van der Waals surface area contributed by atoms with E-state index in [0.29, 0.717) is 12.1 Å². The summed E-state index contributed by atoms with van der Waals surface area (Å²) in [6, 6.07) is 15.3. The van der Waals surface area contributed by atoms with Crippen LogP contribution in [0.3, 0.4) is 0 Å². The molecule has 1 aromatic heterocycles. The Morgan fingerprint density at radius 2 is 1.87 bits per heavy atom. The van der Waals surface area contributed by atoms with Crippen LogP contribution in [0, 0.1) is 6.92 Å². The fourth-order valence-electron chi connectivity index (χ4n) is 4.63. The van der Waals surface area contributed by atoms with Gasteiger partial charge >= 0.3 is 0 Å². The minimum Gasteiger partial charge on any atom is -0.508 e. The molecule has 200 valence electrons. The first-order chi connectivity index (χ1) is 18.2. The fourth-order valence-corrected chi connectivity index (χ4v) is 5.28. The van der Waals surface area contributed by atoms with Crippen LogP contribution in [-0.4, -0.2) is 63.6 Å². The van der Waals surface area contributed by atoms with Gasteiger partial charge < -0.3 is 31.5 Å².